The predicted molar refractivity (Wildman–Crippen MR) is 102 cm³/mol. The van der Waals surface area contributed by atoms with Crippen LogP contribution in [0.1, 0.15) is 30.6 Å². The summed E-state index contributed by atoms with van der Waals surface area (Å²) in [5.74, 6) is 0.987. The Bertz CT molecular complexity index is 871. The summed E-state index contributed by atoms with van der Waals surface area (Å²) in [6.45, 7) is 4.02. The van der Waals surface area contributed by atoms with Crippen molar-refractivity contribution in [2.24, 2.45) is 0 Å². The first-order chi connectivity index (χ1) is 12.1. The van der Waals surface area contributed by atoms with E-state index in [1.807, 2.05) is 56.3 Å². The largest absolute Gasteiger partial charge is 0.436 e. The summed E-state index contributed by atoms with van der Waals surface area (Å²) in [4.78, 5) is 16.9. The van der Waals surface area contributed by atoms with Gasteiger partial charge in [0.1, 0.15) is 0 Å². The van der Waals surface area contributed by atoms with Crippen LogP contribution in [-0.2, 0) is 0 Å². The van der Waals surface area contributed by atoms with E-state index in [0.717, 1.165) is 16.5 Å². The highest BCUT2D eigenvalue weighted by molar-refractivity contribution is 9.10. The zero-order valence-corrected chi connectivity index (χ0v) is 15.7. The van der Waals surface area contributed by atoms with Crippen molar-refractivity contribution >= 4 is 21.8 Å². The van der Waals surface area contributed by atoms with Gasteiger partial charge in [0.05, 0.1) is 11.8 Å². The number of nitrogens with one attached hydrogen (secondary N) is 1. The molecule has 0 radical (unpaired) electrons. The minimum Gasteiger partial charge on any atom is -0.436 e. The number of carbonyl (C=O) groups is 1. The van der Waals surface area contributed by atoms with Crippen LogP contribution in [0.5, 0.6) is 0 Å². The summed E-state index contributed by atoms with van der Waals surface area (Å²) >= 11 is 3.42. The molecule has 0 unspecified atom stereocenters. The van der Waals surface area contributed by atoms with E-state index in [0.29, 0.717) is 22.8 Å². The Balaban J connectivity index is 1.93. The molecule has 5 heteroatoms. The maximum Gasteiger partial charge on any atom is 0.252 e. The van der Waals surface area contributed by atoms with Crippen molar-refractivity contribution in [3.8, 4) is 22.8 Å². The molecule has 1 N–H and O–H groups in total. The minimum absolute atomic E-state index is 0.114. The second-order valence-corrected chi connectivity index (χ2v) is 6.78. The van der Waals surface area contributed by atoms with Crippen molar-refractivity contribution in [1.29, 1.82) is 0 Å². The molecule has 1 heterocycles. The van der Waals surface area contributed by atoms with Crippen LogP contribution in [0.15, 0.2) is 63.6 Å². The lowest BCUT2D eigenvalue weighted by molar-refractivity contribution is 0.0939. The van der Waals surface area contributed by atoms with E-state index in [2.05, 4.69) is 26.2 Å². The van der Waals surface area contributed by atoms with Gasteiger partial charge in [-0.2, -0.15) is 0 Å². The van der Waals surface area contributed by atoms with E-state index in [9.17, 15) is 4.79 Å². The molecule has 3 rings (SSSR count). The topological polar surface area (TPSA) is 55.1 Å². The Morgan fingerprint density at radius 1 is 1.20 bits per heavy atom. The molecular formula is C20H19BrN2O2. The van der Waals surface area contributed by atoms with Gasteiger partial charge in [0.25, 0.3) is 5.91 Å². The third-order valence-corrected chi connectivity index (χ3v) is 4.56. The zero-order valence-electron chi connectivity index (χ0n) is 14.1. The van der Waals surface area contributed by atoms with Crippen LogP contribution < -0.4 is 5.32 Å². The quantitative estimate of drug-likeness (QED) is 0.634. The molecule has 3 aromatic rings. The summed E-state index contributed by atoms with van der Waals surface area (Å²) in [7, 11) is 0. The molecule has 0 spiro atoms. The lowest BCUT2D eigenvalue weighted by Gasteiger charge is -2.12. The Labute approximate surface area is 155 Å². The molecule has 0 saturated carbocycles. The molecule has 0 fully saturated rings. The monoisotopic (exact) mass is 398 g/mol. The molecular weight excluding hydrogens is 380 g/mol. The first kappa shape index (κ1) is 17.4. The van der Waals surface area contributed by atoms with Crippen molar-refractivity contribution in [3.05, 3.63) is 64.8 Å². The number of amides is 1. The summed E-state index contributed by atoms with van der Waals surface area (Å²) in [6.07, 6.45) is 2.56. The van der Waals surface area contributed by atoms with E-state index < -0.39 is 0 Å². The number of benzene rings is 2. The van der Waals surface area contributed by atoms with E-state index in [-0.39, 0.29) is 11.9 Å². The standard InChI is InChI=1S/C20H19BrN2O2/c1-3-13(2)23-19(24)16-6-4-5-7-17(16)20-22-12-18(25-20)14-8-10-15(21)11-9-14/h4-13H,3H2,1-2H3,(H,23,24)/t13-/m0/s1. The van der Waals surface area contributed by atoms with Crippen LogP contribution in [0.25, 0.3) is 22.8 Å². The minimum atomic E-state index is -0.117. The third kappa shape index (κ3) is 3.99. The summed E-state index contributed by atoms with van der Waals surface area (Å²) in [5, 5.41) is 2.99. The highest BCUT2D eigenvalue weighted by atomic mass is 79.9. The van der Waals surface area contributed by atoms with Crippen molar-refractivity contribution in [3.63, 3.8) is 0 Å². The van der Waals surface area contributed by atoms with Crippen molar-refractivity contribution in [1.82, 2.24) is 10.3 Å². The zero-order chi connectivity index (χ0) is 17.8. The Kier molecular flexibility index (Phi) is 5.34. The van der Waals surface area contributed by atoms with Gasteiger partial charge in [-0.15, -0.1) is 0 Å². The Morgan fingerprint density at radius 3 is 2.64 bits per heavy atom. The third-order valence-electron chi connectivity index (χ3n) is 4.03. The molecule has 0 aliphatic heterocycles. The van der Waals surface area contributed by atoms with Crippen LogP contribution in [0.3, 0.4) is 0 Å². The lowest BCUT2D eigenvalue weighted by Crippen LogP contribution is -2.32. The fourth-order valence-electron chi connectivity index (χ4n) is 2.42. The average Bonchev–Trinajstić information content (AvgIpc) is 3.12. The van der Waals surface area contributed by atoms with Crippen molar-refractivity contribution in [2.75, 3.05) is 0 Å². The number of halogens is 1. The molecule has 2 aromatic carbocycles. The highest BCUT2D eigenvalue weighted by Gasteiger charge is 2.17. The van der Waals surface area contributed by atoms with Gasteiger partial charge in [0.2, 0.25) is 5.89 Å². The summed E-state index contributed by atoms with van der Waals surface area (Å²) in [5.41, 5.74) is 2.18. The Morgan fingerprint density at radius 2 is 1.92 bits per heavy atom. The van der Waals surface area contributed by atoms with E-state index in [4.69, 9.17) is 4.42 Å². The number of hydrogen-bond donors (Lipinski definition) is 1. The van der Waals surface area contributed by atoms with Gasteiger partial charge in [-0.3, -0.25) is 4.79 Å². The highest BCUT2D eigenvalue weighted by Crippen LogP contribution is 2.29. The first-order valence-corrected chi connectivity index (χ1v) is 8.99. The fraction of sp³-hybridized carbons (Fsp3) is 0.200. The number of oxazole rings is 1. The second-order valence-electron chi connectivity index (χ2n) is 5.86. The molecule has 1 amide bonds. The Hall–Kier alpha value is -2.40. The number of carbonyl (C=O) groups excluding carboxylic acids is 1. The first-order valence-electron chi connectivity index (χ1n) is 8.20. The van der Waals surface area contributed by atoms with Crippen molar-refractivity contribution < 1.29 is 9.21 Å². The van der Waals surface area contributed by atoms with Gasteiger partial charge in [-0.25, -0.2) is 4.98 Å². The molecule has 1 atom stereocenters. The second kappa shape index (κ2) is 7.66. The number of hydrogen-bond acceptors (Lipinski definition) is 3. The van der Waals surface area contributed by atoms with E-state index in [1.54, 1.807) is 12.3 Å². The van der Waals surface area contributed by atoms with Crippen LogP contribution >= 0.6 is 15.9 Å². The smallest absolute Gasteiger partial charge is 0.252 e. The molecule has 0 saturated heterocycles. The van der Waals surface area contributed by atoms with E-state index >= 15 is 0 Å². The number of aromatic nitrogens is 1. The van der Waals surface area contributed by atoms with Gasteiger partial charge in [-0.05, 0) is 37.6 Å². The maximum absolute atomic E-state index is 12.5. The van der Waals surface area contributed by atoms with Gasteiger partial charge in [0, 0.05) is 21.6 Å². The number of nitrogens with zero attached hydrogens (tertiary/aromatic N) is 1. The van der Waals surface area contributed by atoms with Crippen LogP contribution in [0.4, 0.5) is 0 Å². The molecule has 0 bridgehead atoms. The summed E-state index contributed by atoms with van der Waals surface area (Å²) < 4.78 is 6.91. The average molecular weight is 399 g/mol. The molecule has 1 aromatic heterocycles. The van der Waals surface area contributed by atoms with Crippen LogP contribution in [-0.4, -0.2) is 16.9 Å². The van der Waals surface area contributed by atoms with Crippen LogP contribution in [0.2, 0.25) is 0 Å². The number of rotatable bonds is 5. The van der Waals surface area contributed by atoms with Crippen molar-refractivity contribution in [2.45, 2.75) is 26.3 Å². The molecule has 25 heavy (non-hydrogen) atoms. The van der Waals surface area contributed by atoms with E-state index in [1.165, 1.54) is 0 Å². The fourth-order valence-corrected chi connectivity index (χ4v) is 2.68. The molecule has 128 valence electrons. The molecule has 4 nitrogen and oxygen atoms in total. The molecule has 0 aliphatic carbocycles. The van der Waals surface area contributed by atoms with Gasteiger partial charge < -0.3 is 9.73 Å². The summed E-state index contributed by atoms with van der Waals surface area (Å²) in [6, 6.07) is 15.3. The van der Waals surface area contributed by atoms with Gasteiger partial charge in [-0.1, -0.05) is 47.1 Å². The normalized spacial score (nSPS) is 12.0. The maximum atomic E-state index is 12.5. The van der Waals surface area contributed by atoms with Gasteiger partial charge >= 0.3 is 0 Å². The predicted octanol–water partition coefficient (Wildman–Crippen LogP) is 5.30. The lowest BCUT2D eigenvalue weighted by atomic mass is 10.1. The molecule has 0 aliphatic rings. The SMILES string of the molecule is CC[C@H](C)NC(=O)c1ccccc1-c1ncc(-c2ccc(Br)cc2)o1. The van der Waals surface area contributed by atoms with Gasteiger partial charge in [0.15, 0.2) is 5.76 Å². The van der Waals surface area contributed by atoms with Crippen LogP contribution in [0, 0.1) is 0 Å².